The van der Waals surface area contributed by atoms with Crippen LogP contribution in [-0.4, -0.2) is 25.9 Å². The van der Waals surface area contributed by atoms with Crippen LogP contribution in [0.1, 0.15) is 0 Å². The summed E-state index contributed by atoms with van der Waals surface area (Å²) in [7, 11) is -7.01. The van der Waals surface area contributed by atoms with Gasteiger partial charge in [0.1, 0.15) is 0 Å². The molecule has 0 saturated carbocycles. The molecule has 0 saturated heterocycles. The second kappa shape index (κ2) is 6.24. The van der Waals surface area contributed by atoms with Gasteiger partial charge in [-0.1, -0.05) is 18.2 Å². The van der Waals surface area contributed by atoms with Crippen molar-refractivity contribution >= 4 is 26.6 Å². The summed E-state index contributed by atoms with van der Waals surface area (Å²) >= 11 is 0. The van der Waals surface area contributed by atoms with Gasteiger partial charge in [0.15, 0.2) is 0 Å². The molecule has 0 aromatic heterocycles. The SMILES string of the molecule is O=S(=O)(O)O.O=S(=O)=Nc1ccccc1. The molecule has 0 aliphatic heterocycles. The first-order chi connectivity index (χ1) is 6.79. The van der Waals surface area contributed by atoms with Gasteiger partial charge in [-0.15, -0.1) is 4.36 Å². The van der Waals surface area contributed by atoms with Crippen LogP contribution in [0.2, 0.25) is 0 Å². The Kier molecular flexibility index (Phi) is 5.70. The minimum Gasteiger partial charge on any atom is -0.264 e. The van der Waals surface area contributed by atoms with E-state index in [0.29, 0.717) is 5.69 Å². The molecule has 7 nitrogen and oxygen atoms in total. The van der Waals surface area contributed by atoms with Crippen molar-refractivity contribution in [3.8, 4) is 0 Å². The average Bonchev–Trinajstić information content (AvgIpc) is 2.01. The molecule has 15 heavy (non-hydrogen) atoms. The summed E-state index contributed by atoms with van der Waals surface area (Å²) in [5.74, 6) is 0. The first kappa shape index (κ1) is 13.7. The van der Waals surface area contributed by atoms with Crippen molar-refractivity contribution in [1.82, 2.24) is 0 Å². The van der Waals surface area contributed by atoms with Gasteiger partial charge >= 0.3 is 20.9 Å². The van der Waals surface area contributed by atoms with E-state index in [9.17, 15) is 8.42 Å². The van der Waals surface area contributed by atoms with Crippen LogP contribution < -0.4 is 0 Å². The van der Waals surface area contributed by atoms with Crippen LogP contribution in [0, 0.1) is 0 Å². The van der Waals surface area contributed by atoms with Crippen LogP contribution in [0.3, 0.4) is 0 Å². The highest BCUT2D eigenvalue weighted by Gasteiger charge is 1.84. The van der Waals surface area contributed by atoms with Crippen molar-refractivity contribution in [3.63, 3.8) is 0 Å². The molecule has 1 aromatic rings. The Morgan fingerprint density at radius 1 is 1.07 bits per heavy atom. The van der Waals surface area contributed by atoms with Crippen LogP contribution in [0.4, 0.5) is 5.69 Å². The minimum atomic E-state index is -4.67. The van der Waals surface area contributed by atoms with Crippen molar-refractivity contribution in [2.45, 2.75) is 0 Å². The standard InChI is InChI=1S/C6H5NO2S.H2O4S/c8-10(9)7-6-4-2-1-3-5-6;1-5(2,3)4/h1-5H;(H2,1,2,3,4). The van der Waals surface area contributed by atoms with E-state index in [-0.39, 0.29) is 0 Å². The van der Waals surface area contributed by atoms with Gasteiger partial charge in [0.2, 0.25) is 0 Å². The average molecular weight is 253 g/mol. The van der Waals surface area contributed by atoms with Gasteiger partial charge in [0, 0.05) is 0 Å². The molecule has 9 heteroatoms. The maximum atomic E-state index is 10.0. The molecular formula is C6H7NO6S2. The van der Waals surface area contributed by atoms with E-state index in [1.54, 1.807) is 30.3 Å². The molecule has 1 rings (SSSR count). The predicted octanol–water partition coefficient (Wildman–Crippen LogP) is 0.728. The van der Waals surface area contributed by atoms with Gasteiger partial charge < -0.3 is 0 Å². The molecule has 1 aromatic carbocycles. The molecule has 0 radical (unpaired) electrons. The summed E-state index contributed by atoms with van der Waals surface area (Å²) in [6.07, 6.45) is 0. The van der Waals surface area contributed by atoms with Crippen molar-refractivity contribution < 1.29 is 25.9 Å². The molecule has 0 aliphatic rings. The Bertz CT molecular complexity index is 502. The Labute approximate surface area is 87.7 Å². The third-order valence-electron chi connectivity index (χ3n) is 0.936. The van der Waals surface area contributed by atoms with Gasteiger partial charge in [-0.2, -0.15) is 16.8 Å². The molecule has 0 bridgehead atoms. The third kappa shape index (κ3) is 12.7. The van der Waals surface area contributed by atoms with Crippen molar-refractivity contribution in [3.05, 3.63) is 30.3 Å². The maximum absolute atomic E-state index is 10.0. The molecule has 84 valence electrons. The smallest absolute Gasteiger partial charge is 0.264 e. The normalized spacial score (nSPS) is 9.73. The molecule has 0 atom stereocenters. The summed E-state index contributed by atoms with van der Waals surface area (Å²) in [6.45, 7) is 0. The molecule has 0 fully saturated rings. The van der Waals surface area contributed by atoms with E-state index in [0.717, 1.165) is 0 Å². The quantitative estimate of drug-likeness (QED) is 0.711. The van der Waals surface area contributed by atoms with E-state index >= 15 is 0 Å². The van der Waals surface area contributed by atoms with E-state index in [1.807, 2.05) is 0 Å². The second-order valence-electron chi connectivity index (χ2n) is 2.09. The zero-order chi connectivity index (χ0) is 11.9. The number of hydrogen-bond acceptors (Lipinski definition) is 5. The number of benzene rings is 1. The first-order valence-corrected chi connectivity index (χ1v) is 5.78. The predicted molar refractivity (Wildman–Crippen MR) is 51.6 cm³/mol. The molecule has 0 amide bonds. The van der Waals surface area contributed by atoms with Crippen molar-refractivity contribution in [2.75, 3.05) is 0 Å². The molecular weight excluding hydrogens is 246 g/mol. The lowest BCUT2D eigenvalue weighted by Crippen LogP contribution is -1.89. The van der Waals surface area contributed by atoms with Gasteiger partial charge in [-0.25, -0.2) is 0 Å². The molecule has 2 N–H and O–H groups in total. The summed E-state index contributed by atoms with van der Waals surface area (Å²) < 4.78 is 54.9. The topological polar surface area (TPSA) is 121 Å². The highest BCUT2D eigenvalue weighted by atomic mass is 32.3. The van der Waals surface area contributed by atoms with E-state index in [2.05, 4.69) is 4.36 Å². The number of rotatable bonds is 1. The minimum absolute atomic E-state index is 0.454. The fourth-order valence-corrected chi connectivity index (χ4v) is 0.869. The molecule has 0 heterocycles. The van der Waals surface area contributed by atoms with Gasteiger partial charge in [0.05, 0.1) is 5.69 Å². The largest absolute Gasteiger partial charge is 0.394 e. The van der Waals surface area contributed by atoms with Gasteiger partial charge in [0.25, 0.3) is 0 Å². The molecule has 0 unspecified atom stereocenters. The molecule has 0 aliphatic carbocycles. The van der Waals surface area contributed by atoms with Gasteiger partial charge in [-0.3, -0.25) is 9.11 Å². The lowest BCUT2D eigenvalue weighted by Gasteiger charge is -1.83. The Balaban J connectivity index is 0.000000336. The summed E-state index contributed by atoms with van der Waals surface area (Å²) in [4.78, 5) is 0. The van der Waals surface area contributed by atoms with Gasteiger partial charge in [-0.05, 0) is 12.1 Å². The van der Waals surface area contributed by atoms with E-state index < -0.39 is 20.9 Å². The Morgan fingerprint density at radius 2 is 1.47 bits per heavy atom. The third-order valence-corrected chi connectivity index (χ3v) is 1.30. The number of hydrogen-bond donors (Lipinski definition) is 2. The summed E-state index contributed by atoms with van der Waals surface area (Å²) in [5.41, 5.74) is 0.454. The second-order valence-corrected chi connectivity index (χ2v) is 3.60. The lowest BCUT2D eigenvalue weighted by molar-refractivity contribution is 0.381. The highest BCUT2D eigenvalue weighted by Crippen LogP contribution is 2.07. The van der Waals surface area contributed by atoms with E-state index in [1.165, 1.54) is 0 Å². The zero-order valence-corrected chi connectivity index (χ0v) is 8.81. The lowest BCUT2D eigenvalue weighted by atomic mass is 10.3. The van der Waals surface area contributed by atoms with Crippen LogP contribution in [0.25, 0.3) is 0 Å². The maximum Gasteiger partial charge on any atom is 0.394 e. The zero-order valence-electron chi connectivity index (χ0n) is 7.18. The fraction of sp³-hybridized carbons (Fsp3) is 0. The van der Waals surface area contributed by atoms with Crippen LogP contribution in [0.15, 0.2) is 34.7 Å². The fourth-order valence-electron chi connectivity index (χ4n) is 0.575. The van der Waals surface area contributed by atoms with Crippen LogP contribution >= 0.6 is 0 Å². The summed E-state index contributed by atoms with van der Waals surface area (Å²) in [6, 6.07) is 8.50. The van der Waals surface area contributed by atoms with Crippen molar-refractivity contribution in [1.29, 1.82) is 0 Å². The van der Waals surface area contributed by atoms with E-state index in [4.69, 9.17) is 17.5 Å². The first-order valence-electron chi connectivity index (χ1n) is 3.35. The number of nitrogens with zero attached hydrogens (tertiary/aromatic N) is 1. The van der Waals surface area contributed by atoms with Crippen LogP contribution in [-0.2, 0) is 20.9 Å². The molecule has 0 spiro atoms. The Hall–Kier alpha value is -1.29. The highest BCUT2D eigenvalue weighted by molar-refractivity contribution is 7.79. The van der Waals surface area contributed by atoms with Crippen LogP contribution in [0.5, 0.6) is 0 Å². The summed E-state index contributed by atoms with van der Waals surface area (Å²) in [5, 5.41) is 0. The Morgan fingerprint density at radius 3 is 1.80 bits per heavy atom. The monoisotopic (exact) mass is 253 g/mol. The van der Waals surface area contributed by atoms with Crippen molar-refractivity contribution in [2.24, 2.45) is 4.36 Å².